The van der Waals surface area contributed by atoms with Gasteiger partial charge in [-0.05, 0) is 79.3 Å². The predicted octanol–water partition coefficient (Wildman–Crippen LogP) is 10.0. The van der Waals surface area contributed by atoms with Gasteiger partial charge in [0.2, 0.25) is 0 Å². The highest BCUT2D eigenvalue weighted by Gasteiger charge is 2.22. The molecule has 0 unspecified atom stereocenters. The van der Waals surface area contributed by atoms with Crippen molar-refractivity contribution in [3.05, 3.63) is 94.0 Å². The Morgan fingerprint density at radius 1 is 0.447 bits per heavy atom. The Morgan fingerprint density at radius 3 is 0.947 bits per heavy atom. The number of hydrogen-bond acceptors (Lipinski definition) is 2. The Labute approximate surface area is 283 Å². The van der Waals surface area contributed by atoms with Gasteiger partial charge in [-0.3, -0.25) is 0 Å². The topological polar surface area (TPSA) is 18.5 Å². The van der Waals surface area contributed by atoms with Crippen molar-refractivity contribution >= 4 is 0 Å². The average Bonchev–Trinajstić information content (AvgIpc) is 3.06. The highest BCUT2D eigenvalue weighted by molar-refractivity contribution is 5.42. The second kappa shape index (κ2) is 10.8. The standard InChI is InChI=1S/C36H50O2/c1-33(2,3)27-17-28(34(4,5)6)20-31(19-27)37-23-25-13-15-26(16-14-25)24-38-32-21-29(35(7,8)9)18-30(22-32)36(10,11)12/h13-22H,23-24H2,1-12H3/i1D3,2D3,3D3,4D3,5D3,6D3,7D3,8D3,9D3,10D3,11D3,12D3. The SMILES string of the molecule is [2H]C([2H])([2H])C(c1cc(OCc2ccc(COc3cc(C(C([2H])([2H])[2H])(C([2H])([2H])[2H])C([2H])([2H])[2H])cc(C(C([2H])([2H])[2H])(C([2H])([2H])[2H])C([2H])([2H])[2H])c3)cc2)cc(C(C([2H])([2H])[2H])(C([2H])([2H])[2H])C([2H])([2H])[2H])c1)(C([2H])([2H])[2H])C([2H])([2H])[2H]. The summed E-state index contributed by atoms with van der Waals surface area (Å²) < 4.78 is 307. The third kappa shape index (κ3) is 8.13. The van der Waals surface area contributed by atoms with E-state index in [9.17, 15) is 0 Å². The maximum atomic E-state index is 8.21. The van der Waals surface area contributed by atoms with Crippen LogP contribution in [-0.4, -0.2) is 0 Å². The molecule has 0 spiro atoms. The first-order valence-corrected chi connectivity index (χ1v) is 11.0. The summed E-state index contributed by atoms with van der Waals surface area (Å²) in [4.78, 5) is 0. The summed E-state index contributed by atoms with van der Waals surface area (Å²) >= 11 is 0. The van der Waals surface area contributed by atoms with Gasteiger partial charge in [0.05, 0.1) is 0 Å². The predicted molar refractivity (Wildman–Crippen MR) is 163 cm³/mol. The van der Waals surface area contributed by atoms with Crippen LogP contribution < -0.4 is 9.47 Å². The molecule has 206 valence electrons. The van der Waals surface area contributed by atoms with E-state index in [1.165, 1.54) is 24.3 Å². The van der Waals surface area contributed by atoms with E-state index in [1.807, 2.05) is 0 Å². The largest absolute Gasteiger partial charge is 0.489 e. The van der Waals surface area contributed by atoms with Gasteiger partial charge in [-0.2, -0.15) is 0 Å². The monoisotopic (exact) mass is 551 g/mol. The minimum absolute atomic E-state index is 0.100. The average molecular weight is 551 g/mol. The van der Waals surface area contributed by atoms with Crippen molar-refractivity contribution in [1.29, 1.82) is 0 Å². The molecule has 0 amide bonds. The van der Waals surface area contributed by atoms with E-state index in [1.54, 1.807) is 0 Å². The molecule has 38 heavy (non-hydrogen) atoms. The molecule has 2 heteroatoms. The third-order valence-electron chi connectivity index (χ3n) is 5.38. The number of benzene rings is 3. The van der Waals surface area contributed by atoms with Crippen molar-refractivity contribution < 1.29 is 58.8 Å². The molecule has 0 bridgehead atoms. The van der Waals surface area contributed by atoms with Crippen LogP contribution >= 0.6 is 0 Å². The van der Waals surface area contributed by atoms with Crippen LogP contribution in [0, 0.1) is 0 Å². The number of ether oxygens (including phenoxy) is 2. The van der Waals surface area contributed by atoms with E-state index < -0.39 is 151 Å². The maximum absolute atomic E-state index is 8.21. The van der Waals surface area contributed by atoms with Crippen LogP contribution in [0.3, 0.4) is 0 Å². The first-order valence-electron chi connectivity index (χ1n) is 29.0. The molecular formula is C36H50O2. The van der Waals surface area contributed by atoms with E-state index in [4.69, 9.17) is 58.8 Å². The molecule has 0 atom stereocenters. The van der Waals surface area contributed by atoms with Gasteiger partial charge in [0.15, 0.2) is 0 Å². The molecule has 0 fully saturated rings. The van der Waals surface area contributed by atoms with Gasteiger partial charge in [-0.1, -0.05) is 119 Å². The normalized spacial score (nSPS) is 30.9. The number of hydrogen-bond donors (Lipinski definition) is 0. The van der Waals surface area contributed by atoms with Gasteiger partial charge in [-0.15, -0.1) is 0 Å². The van der Waals surface area contributed by atoms with Crippen LogP contribution in [0.2, 0.25) is 0 Å². The minimum atomic E-state index is -4.02. The van der Waals surface area contributed by atoms with Gasteiger partial charge in [0.1, 0.15) is 24.7 Å². The molecule has 0 aliphatic heterocycles. The lowest BCUT2D eigenvalue weighted by Gasteiger charge is -2.26. The second-order valence-corrected chi connectivity index (χ2v) is 8.89. The van der Waals surface area contributed by atoms with Gasteiger partial charge in [-0.25, -0.2) is 0 Å². The summed E-state index contributed by atoms with van der Waals surface area (Å²) in [7, 11) is 0. The van der Waals surface area contributed by atoms with Crippen molar-refractivity contribution in [3.63, 3.8) is 0 Å². The fourth-order valence-corrected chi connectivity index (χ4v) is 3.30. The summed E-state index contributed by atoms with van der Waals surface area (Å²) in [6.45, 7) is -49.6. The fraction of sp³-hybridized carbons (Fsp3) is 0.500. The Kier molecular flexibility index (Phi) is 2.19. The lowest BCUT2D eigenvalue weighted by molar-refractivity contribution is 0.301. The first-order chi connectivity index (χ1) is 32.3. The van der Waals surface area contributed by atoms with Crippen LogP contribution in [0.5, 0.6) is 11.5 Å². The quantitative estimate of drug-likeness (QED) is 0.304. The molecule has 2 nitrogen and oxygen atoms in total. The summed E-state index contributed by atoms with van der Waals surface area (Å²) in [5.74, 6) is -1.59. The number of rotatable bonds is 6. The lowest BCUT2D eigenvalue weighted by atomic mass is 9.80. The molecule has 3 rings (SSSR count). The van der Waals surface area contributed by atoms with Gasteiger partial charge in [0.25, 0.3) is 0 Å². The van der Waals surface area contributed by atoms with E-state index in [0.717, 1.165) is 0 Å². The molecule has 0 radical (unpaired) electrons. The van der Waals surface area contributed by atoms with E-state index in [0.29, 0.717) is 36.4 Å². The van der Waals surface area contributed by atoms with Crippen molar-refractivity contribution in [2.75, 3.05) is 0 Å². The van der Waals surface area contributed by atoms with E-state index >= 15 is 0 Å². The smallest absolute Gasteiger partial charge is 0.120 e. The Morgan fingerprint density at radius 2 is 0.711 bits per heavy atom. The molecule has 0 aliphatic rings. The molecule has 0 aliphatic carbocycles. The Bertz CT molecular complexity index is 1980. The van der Waals surface area contributed by atoms with Crippen LogP contribution in [0.25, 0.3) is 0 Å². The second-order valence-electron chi connectivity index (χ2n) is 8.89. The molecule has 0 saturated carbocycles. The van der Waals surface area contributed by atoms with Crippen LogP contribution in [0.1, 0.15) is 165 Å². The molecule has 0 saturated heterocycles. The van der Waals surface area contributed by atoms with Gasteiger partial charge >= 0.3 is 0 Å². The molecule has 0 aromatic heterocycles. The van der Waals surface area contributed by atoms with Crippen molar-refractivity contribution in [3.8, 4) is 11.5 Å². The fourth-order valence-electron chi connectivity index (χ4n) is 3.30. The summed E-state index contributed by atoms with van der Waals surface area (Å²) in [6, 6.07) is 7.89. The van der Waals surface area contributed by atoms with Crippen molar-refractivity contribution in [2.45, 2.75) is 117 Å². The highest BCUT2D eigenvalue weighted by atomic mass is 16.5. The lowest BCUT2D eigenvalue weighted by Crippen LogP contribution is -2.16. The summed E-state index contributed by atoms with van der Waals surface area (Å²) in [5, 5.41) is 0. The van der Waals surface area contributed by atoms with Crippen LogP contribution in [0.15, 0.2) is 60.7 Å². The first kappa shape index (κ1) is 7.71. The Hall–Kier alpha value is -2.74. The maximum Gasteiger partial charge on any atom is 0.120 e. The summed E-state index contributed by atoms with van der Waals surface area (Å²) in [6.07, 6.45) is 0. The zero-order valence-electron chi connectivity index (χ0n) is 56.0. The van der Waals surface area contributed by atoms with Crippen molar-refractivity contribution in [1.82, 2.24) is 0 Å². The van der Waals surface area contributed by atoms with Gasteiger partial charge in [0, 0.05) is 49.3 Å². The zero-order valence-corrected chi connectivity index (χ0v) is 20.0. The molecule has 0 N–H and O–H groups in total. The van der Waals surface area contributed by atoms with E-state index in [-0.39, 0.29) is 11.1 Å². The van der Waals surface area contributed by atoms with Crippen LogP contribution in [0.4, 0.5) is 0 Å². The zero-order chi connectivity index (χ0) is 58.5. The molecular weight excluding hydrogens is 464 g/mol. The highest BCUT2D eigenvalue weighted by Crippen LogP contribution is 2.34. The minimum Gasteiger partial charge on any atom is -0.489 e. The molecule has 0 heterocycles. The Balaban J connectivity index is 2.35. The van der Waals surface area contributed by atoms with Crippen LogP contribution in [-0.2, 0) is 34.9 Å². The third-order valence-corrected chi connectivity index (χ3v) is 5.38. The summed E-state index contributed by atoms with van der Waals surface area (Å²) in [5.41, 5.74) is -20.6. The molecule has 3 aromatic carbocycles. The molecule has 3 aromatic rings. The van der Waals surface area contributed by atoms with Gasteiger partial charge < -0.3 is 9.47 Å². The van der Waals surface area contributed by atoms with E-state index in [2.05, 4.69) is 0 Å². The van der Waals surface area contributed by atoms with Crippen molar-refractivity contribution in [2.24, 2.45) is 0 Å².